The molecule has 0 saturated heterocycles. The molecule has 0 fully saturated rings. The number of nitrogens with zero attached hydrogens (tertiary/aromatic N) is 1. The normalized spacial score (nSPS) is 13.9. The van der Waals surface area contributed by atoms with Crippen LogP contribution >= 0.6 is 0 Å². The molecule has 13 heteroatoms. The van der Waals surface area contributed by atoms with E-state index >= 15 is 0 Å². The Bertz CT molecular complexity index is 1220. The van der Waals surface area contributed by atoms with Crippen molar-refractivity contribution in [2.45, 2.75) is 126 Å². The van der Waals surface area contributed by atoms with E-state index in [1.807, 2.05) is 106 Å². The van der Waals surface area contributed by atoms with Gasteiger partial charge in [-0.3, -0.25) is 19.8 Å². The Kier molecular flexibility index (Phi) is 21.6. The second-order valence-electron chi connectivity index (χ2n) is 15.4. The molecule has 52 heavy (non-hydrogen) atoms. The fourth-order valence-electron chi connectivity index (χ4n) is 5.15. The molecule has 0 bridgehead atoms. The lowest BCUT2D eigenvalue weighted by molar-refractivity contribution is -0.154. The zero-order valence-electron chi connectivity index (χ0n) is 33.5. The SMILES string of the molecule is CCCCC(=O)O[C@@H](CN(CC(C)C)NC(=O)[C@@H](NC(=O)OCC(C)C)C(C)C)[C@H](Cc1ccccc1)NC(=O)[C@@H](NC(=O)OCC(C)C)C(C)C. The highest BCUT2D eigenvalue weighted by Crippen LogP contribution is 2.15. The van der Waals surface area contributed by atoms with Crippen LogP contribution in [-0.2, 0) is 35.0 Å². The van der Waals surface area contributed by atoms with E-state index in [1.165, 1.54) is 0 Å². The predicted octanol–water partition coefficient (Wildman–Crippen LogP) is 5.62. The van der Waals surface area contributed by atoms with Crippen LogP contribution in [0, 0.1) is 29.6 Å². The average Bonchev–Trinajstić information content (AvgIpc) is 3.05. The van der Waals surface area contributed by atoms with Crippen LogP contribution in [0.5, 0.6) is 0 Å². The van der Waals surface area contributed by atoms with Crippen molar-refractivity contribution in [3.8, 4) is 0 Å². The Morgan fingerprint density at radius 1 is 0.673 bits per heavy atom. The predicted molar refractivity (Wildman–Crippen MR) is 202 cm³/mol. The summed E-state index contributed by atoms with van der Waals surface area (Å²) < 4.78 is 16.7. The molecular weight excluding hydrogens is 666 g/mol. The number of carbonyl (C=O) groups excluding carboxylic acids is 5. The van der Waals surface area contributed by atoms with E-state index in [2.05, 4.69) is 21.4 Å². The summed E-state index contributed by atoms with van der Waals surface area (Å²) in [4.78, 5) is 66.2. The maximum Gasteiger partial charge on any atom is 0.407 e. The van der Waals surface area contributed by atoms with Gasteiger partial charge >= 0.3 is 18.2 Å². The molecule has 1 aromatic rings. The molecule has 0 unspecified atom stereocenters. The van der Waals surface area contributed by atoms with Crippen LogP contribution in [0.1, 0.15) is 101 Å². The Morgan fingerprint density at radius 3 is 1.65 bits per heavy atom. The number of amides is 4. The number of hydrogen-bond acceptors (Lipinski definition) is 9. The second-order valence-corrected chi connectivity index (χ2v) is 15.4. The maximum absolute atomic E-state index is 14.0. The van der Waals surface area contributed by atoms with Gasteiger partial charge in [0, 0.05) is 13.0 Å². The molecule has 296 valence electrons. The molecular formula is C39H67N5O8. The number of ether oxygens (including phenoxy) is 3. The van der Waals surface area contributed by atoms with E-state index in [9.17, 15) is 24.0 Å². The summed E-state index contributed by atoms with van der Waals surface area (Å²) in [6.07, 6.45) is -0.412. The highest BCUT2D eigenvalue weighted by Gasteiger charge is 2.35. The van der Waals surface area contributed by atoms with Gasteiger partial charge in [0.05, 0.1) is 25.8 Å². The minimum absolute atomic E-state index is 0.0262. The molecule has 0 saturated carbocycles. The highest BCUT2D eigenvalue weighted by atomic mass is 16.6. The zero-order valence-corrected chi connectivity index (χ0v) is 33.5. The third kappa shape index (κ3) is 19.1. The number of benzene rings is 1. The van der Waals surface area contributed by atoms with Gasteiger partial charge in [-0.2, -0.15) is 0 Å². The van der Waals surface area contributed by atoms with Gasteiger partial charge in [-0.25, -0.2) is 14.6 Å². The number of carbonyl (C=O) groups is 5. The van der Waals surface area contributed by atoms with Gasteiger partial charge < -0.3 is 30.2 Å². The lowest BCUT2D eigenvalue weighted by Crippen LogP contribution is -2.60. The number of alkyl carbamates (subject to hydrolysis) is 2. The molecule has 1 rings (SSSR count). The summed E-state index contributed by atoms with van der Waals surface area (Å²) in [5.41, 5.74) is 3.84. The molecule has 4 amide bonds. The topological polar surface area (TPSA) is 164 Å². The van der Waals surface area contributed by atoms with E-state index in [1.54, 1.807) is 5.01 Å². The van der Waals surface area contributed by atoms with Gasteiger partial charge in [-0.15, -0.1) is 0 Å². The quantitative estimate of drug-likeness (QED) is 0.0635. The van der Waals surface area contributed by atoms with Crippen molar-refractivity contribution >= 4 is 30.0 Å². The van der Waals surface area contributed by atoms with Crippen LogP contribution in [0.3, 0.4) is 0 Å². The first-order valence-corrected chi connectivity index (χ1v) is 18.9. The molecule has 0 heterocycles. The molecule has 4 N–H and O–H groups in total. The number of unbranched alkanes of at least 4 members (excludes halogenated alkanes) is 1. The van der Waals surface area contributed by atoms with Crippen molar-refractivity contribution in [1.29, 1.82) is 0 Å². The first kappa shape index (κ1) is 46.2. The van der Waals surface area contributed by atoms with Gasteiger partial charge in [0.15, 0.2) is 0 Å². The number of hydrogen-bond donors (Lipinski definition) is 4. The monoisotopic (exact) mass is 733 g/mol. The molecule has 0 radical (unpaired) electrons. The molecule has 0 spiro atoms. The maximum atomic E-state index is 14.0. The smallest absolute Gasteiger partial charge is 0.407 e. The number of rotatable bonds is 23. The molecule has 1 aromatic carbocycles. The Balaban J connectivity index is 3.53. The minimum Gasteiger partial charge on any atom is -0.459 e. The molecule has 4 atom stereocenters. The van der Waals surface area contributed by atoms with Crippen LogP contribution in [0.4, 0.5) is 9.59 Å². The summed E-state index contributed by atoms with van der Waals surface area (Å²) in [5, 5.41) is 10.1. The van der Waals surface area contributed by atoms with Crippen LogP contribution in [0.2, 0.25) is 0 Å². The van der Waals surface area contributed by atoms with Gasteiger partial charge in [0.25, 0.3) is 5.91 Å². The first-order chi connectivity index (χ1) is 24.4. The highest BCUT2D eigenvalue weighted by molar-refractivity contribution is 5.86. The Hall–Kier alpha value is -3.87. The first-order valence-electron chi connectivity index (χ1n) is 18.9. The van der Waals surface area contributed by atoms with Gasteiger partial charge in [0.2, 0.25) is 5.91 Å². The summed E-state index contributed by atoms with van der Waals surface area (Å²) in [7, 11) is 0. The summed E-state index contributed by atoms with van der Waals surface area (Å²) in [5.74, 6) is -1.59. The van der Waals surface area contributed by atoms with Crippen molar-refractivity contribution in [3.05, 3.63) is 35.9 Å². The Morgan fingerprint density at radius 2 is 1.19 bits per heavy atom. The number of hydrazine groups is 1. The van der Waals surface area contributed by atoms with Crippen molar-refractivity contribution in [1.82, 2.24) is 26.4 Å². The third-order valence-corrected chi connectivity index (χ3v) is 7.89. The van der Waals surface area contributed by atoms with E-state index < -0.39 is 54.2 Å². The lowest BCUT2D eigenvalue weighted by Gasteiger charge is -2.35. The summed E-state index contributed by atoms with van der Waals surface area (Å²) in [6, 6.07) is 6.89. The second kappa shape index (κ2) is 24.4. The average molecular weight is 734 g/mol. The zero-order chi connectivity index (χ0) is 39.4. The van der Waals surface area contributed by atoms with Gasteiger partial charge in [-0.05, 0) is 48.0 Å². The lowest BCUT2D eigenvalue weighted by atomic mass is 9.98. The molecule has 0 aliphatic heterocycles. The molecule has 0 aliphatic carbocycles. The minimum atomic E-state index is -0.936. The van der Waals surface area contributed by atoms with Crippen LogP contribution in [0.15, 0.2) is 30.3 Å². The largest absolute Gasteiger partial charge is 0.459 e. The van der Waals surface area contributed by atoms with E-state index in [0.717, 1.165) is 12.0 Å². The summed E-state index contributed by atoms with van der Waals surface area (Å²) >= 11 is 0. The fraction of sp³-hybridized carbons (Fsp3) is 0.718. The van der Waals surface area contributed by atoms with Crippen LogP contribution < -0.4 is 21.4 Å². The van der Waals surface area contributed by atoms with Crippen LogP contribution in [-0.4, -0.2) is 85.5 Å². The van der Waals surface area contributed by atoms with E-state index in [-0.39, 0.29) is 55.8 Å². The fourth-order valence-corrected chi connectivity index (χ4v) is 5.15. The van der Waals surface area contributed by atoms with Gasteiger partial charge in [0.1, 0.15) is 18.2 Å². The summed E-state index contributed by atoms with van der Waals surface area (Å²) in [6.45, 7) is 21.7. The van der Waals surface area contributed by atoms with Crippen LogP contribution in [0.25, 0.3) is 0 Å². The standard InChI is InChI=1S/C39H67N5O8/c1-12-13-19-33(45)52-32(22-44(21-25(2)3)43-37(47)35(29(10)11)42-39(49)51-24-27(6)7)31(20-30-17-15-14-16-18-30)40-36(46)34(28(8)9)41-38(48)50-23-26(4)5/h14-18,25-29,31-32,34-35H,12-13,19-24H2,1-11H3,(H,40,46)(H,41,48)(H,42,49)(H,43,47)/t31-,32-,34-,35-/m0/s1. The third-order valence-electron chi connectivity index (χ3n) is 7.89. The molecule has 0 aliphatic rings. The molecule has 13 nitrogen and oxygen atoms in total. The van der Waals surface area contributed by atoms with E-state index in [0.29, 0.717) is 19.4 Å². The van der Waals surface area contributed by atoms with Gasteiger partial charge in [-0.1, -0.05) is 113 Å². The van der Waals surface area contributed by atoms with Crippen molar-refractivity contribution in [2.75, 3.05) is 26.3 Å². The van der Waals surface area contributed by atoms with Crippen molar-refractivity contribution in [3.63, 3.8) is 0 Å². The number of esters is 1. The van der Waals surface area contributed by atoms with Crippen molar-refractivity contribution in [2.24, 2.45) is 29.6 Å². The molecule has 0 aromatic heterocycles. The van der Waals surface area contributed by atoms with E-state index in [4.69, 9.17) is 14.2 Å². The number of nitrogens with one attached hydrogen (secondary N) is 4. The Labute approximate surface area is 312 Å². The van der Waals surface area contributed by atoms with Crippen molar-refractivity contribution < 1.29 is 38.2 Å².